The molecule has 0 aromatic heterocycles. The Balaban J connectivity index is 2.10. The van der Waals surface area contributed by atoms with Gasteiger partial charge in [-0.15, -0.1) is 0 Å². The first-order chi connectivity index (χ1) is 11.3. The quantitative estimate of drug-likeness (QED) is 0.791. The van der Waals surface area contributed by atoms with Crippen LogP contribution in [0.3, 0.4) is 0 Å². The molecule has 5 nitrogen and oxygen atoms in total. The van der Waals surface area contributed by atoms with Crippen molar-refractivity contribution in [2.75, 3.05) is 7.11 Å². The van der Waals surface area contributed by atoms with E-state index in [0.29, 0.717) is 6.42 Å². The molecule has 2 rings (SSSR count). The summed E-state index contributed by atoms with van der Waals surface area (Å²) in [6.45, 7) is 5.48. The van der Waals surface area contributed by atoms with Gasteiger partial charge in [-0.05, 0) is 52.0 Å². The van der Waals surface area contributed by atoms with Crippen LogP contribution in [0.25, 0.3) is 0 Å². The lowest BCUT2D eigenvalue weighted by Gasteiger charge is -2.31. The number of carbonyl (C=O) groups excluding carboxylic acids is 2. The van der Waals surface area contributed by atoms with Gasteiger partial charge in [-0.1, -0.05) is 30.3 Å². The molecule has 2 atom stereocenters. The molecule has 1 fully saturated rings. The minimum absolute atomic E-state index is 0.0100. The Bertz CT molecular complexity index is 564. The zero-order chi connectivity index (χ0) is 17.7. The lowest BCUT2D eigenvalue weighted by atomic mass is 10.0. The summed E-state index contributed by atoms with van der Waals surface area (Å²) in [5, 5.41) is 0. The minimum atomic E-state index is -0.593. The van der Waals surface area contributed by atoms with E-state index in [1.807, 2.05) is 39.0 Å². The molecule has 0 radical (unpaired) electrons. The number of nitrogens with zero attached hydrogens (tertiary/aromatic N) is 1. The van der Waals surface area contributed by atoms with Crippen molar-refractivity contribution >= 4 is 12.1 Å². The van der Waals surface area contributed by atoms with Crippen molar-refractivity contribution in [2.24, 2.45) is 0 Å². The van der Waals surface area contributed by atoms with Gasteiger partial charge in [0, 0.05) is 6.04 Å². The van der Waals surface area contributed by atoms with Crippen LogP contribution in [0.5, 0.6) is 0 Å². The van der Waals surface area contributed by atoms with E-state index in [4.69, 9.17) is 9.47 Å². The molecular weight excluding hydrogens is 306 g/mol. The van der Waals surface area contributed by atoms with Gasteiger partial charge in [-0.3, -0.25) is 4.90 Å². The van der Waals surface area contributed by atoms with Crippen molar-refractivity contribution in [3.05, 3.63) is 35.9 Å². The van der Waals surface area contributed by atoms with Crippen LogP contribution in [0, 0.1) is 0 Å². The van der Waals surface area contributed by atoms with Gasteiger partial charge in [0.2, 0.25) is 0 Å². The number of aryl methyl sites for hydroxylation is 1. The van der Waals surface area contributed by atoms with Gasteiger partial charge in [0.25, 0.3) is 0 Å². The molecule has 0 saturated carbocycles. The van der Waals surface area contributed by atoms with Gasteiger partial charge >= 0.3 is 12.1 Å². The third-order valence-corrected chi connectivity index (χ3v) is 4.19. The molecule has 24 heavy (non-hydrogen) atoms. The molecule has 1 saturated heterocycles. The van der Waals surface area contributed by atoms with E-state index in [-0.39, 0.29) is 12.0 Å². The second kappa shape index (κ2) is 7.69. The lowest BCUT2D eigenvalue weighted by molar-refractivity contribution is -0.146. The number of hydrogen-bond acceptors (Lipinski definition) is 4. The van der Waals surface area contributed by atoms with Crippen molar-refractivity contribution in [2.45, 2.75) is 64.1 Å². The predicted octanol–water partition coefficient (Wildman–Crippen LogP) is 3.56. The zero-order valence-corrected chi connectivity index (χ0v) is 15.0. The summed E-state index contributed by atoms with van der Waals surface area (Å²) in [6, 6.07) is 9.59. The molecule has 1 aliphatic heterocycles. The second-order valence-corrected chi connectivity index (χ2v) is 7.18. The monoisotopic (exact) mass is 333 g/mol. The first-order valence-electron chi connectivity index (χ1n) is 8.45. The van der Waals surface area contributed by atoms with Gasteiger partial charge in [0.1, 0.15) is 11.6 Å². The Morgan fingerprint density at radius 2 is 1.83 bits per heavy atom. The van der Waals surface area contributed by atoms with Crippen LogP contribution in [0.1, 0.15) is 45.6 Å². The van der Waals surface area contributed by atoms with Gasteiger partial charge in [-0.25, -0.2) is 9.59 Å². The lowest BCUT2D eigenvalue weighted by Crippen LogP contribution is -2.47. The fourth-order valence-corrected chi connectivity index (χ4v) is 3.10. The molecule has 1 aliphatic rings. The molecule has 5 heteroatoms. The SMILES string of the molecule is COC(=O)[C@@H]1CC[C@H](CCc2ccccc2)N1C(=O)OC(C)(C)C. The van der Waals surface area contributed by atoms with Crippen LogP contribution in [0.15, 0.2) is 30.3 Å². The molecule has 0 spiro atoms. The normalized spacial score (nSPS) is 20.8. The van der Waals surface area contributed by atoms with Gasteiger partial charge in [0.05, 0.1) is 7.11 Å². The minimum Gasteiger partial charge on any atom is -0.467 e. The standard InChI is InChI=1S/C19H27NO4/c1-19(2,3)24-18(22)20-15(12-13-16(20)17(21)23-4)11-10-14-8-6-5-7-9-14/h5-9,15-16H,10-13H2,1-4H3/t15-,16-/m0/s1. The van der Waals surface area contributed by atoms with E-state index in [0.717, 1.165) is 19.3 Å². The summed E-state index contributed by atoms with van der Waals surface area (Å²) >= 11 is 0. The summed E-state index contributed by atoms with van der Waals surface area (Å²) in [7, 11) is 1.35. The summed E-state index contributed by atoms with van der Waals surface area (Å²) in [4.78, 5) is 26.2. The summed E-state index contributed by atoms with van der Waals surface area (Å²) in [6.07, 6.45) is 2.63. The van der Waals surface area contributed by atoms with Crippen molar-refractivity contribution in [3.63, 3.8) is 0 Å². The number of likely N-dealkylation sites (tertiary alicyclic amines) is 1. The highest BCUT2D eigenvalue weighted by Crippen LogP contribution is 2.30. The number of benzene rings is 1. The third kappa shape index (κ3) is 4.73. The van der Waals surface area contributed by atoms with Crippen LogP contribution in [-0.4, -0.2) is 41.8 Å². The molecule has 0 N–H and O–H groups in total. The third-order valence-electron chi connectivity index (χ3n) is 4.19. The number of ether oxygens (including phenoxy) is 2. The molecule has 0 aliphatic carbocycles. The van der Waals surface area contributed by atoms with Crippen molar-refractivity contribution in [1.29, 1.82) is 0 Å². The fourth-order valence-electron chi connectivity index (χ4n) is 3.10. The van der Waals surface area contributed by atoms with Gasteiger partial charge in [0.15, 0.2) is 0 Å². The molecule has 1 aromatic rings. The van der Waals surface area contributed by atoms with E-state index in [1.165, 1.54) is 12.7 Å². The van der Waals surface area contributed by atoms with Gasteiger partial charge in [-0.2, -0.15) is 0 Å². The Morgan fingerprint density at radius 1 is 1.17 bits per heavy atom. The summed E-state index contributed by atoms with van der Waals surface area (Å²) in [5.41, 5.74) is 0.632. The van der Waals surface area contributed by atoms with E-state index < -0.39 is 17.7 Å². The number of methoxy groups -OCH3 is 1. The van der Waals surface area contributed by atoms with Crippen LogP contribution >= 0.6 is 0 Å². The number of amides is 1. The molecule has 1 aromatic carbocycles. The van der Waals surface area contributed by atoms with E-state index >= 15 is 0 Å². The van der Waals surface area contributed by atoms with Crippen molar-refractivity contribution in [3.8, 4) is 0 Å². The maximum absolute atomic E-state index is 12.6. The average molecular weight is 333 g/mol. The number of carbonyl (C=O) groups is 2. The zero-order valence-electron chi connectivity index (χ0n) is 15.0. The largest absolute Gasteiger partial charge is 0.467 e. The number of hydrogen-bond donors (Lipinski definition) is 0. The highest BCUT2D eigenvalue weighted by atomic mass is 16.6. The highest BCUT2D eigenvalue weighted by molar-refractivity contribution is 5.82. The highest BCUT2D eigenvalue weighted by Gasteiger charge is 2.43. The van der Waals surface area contributed by atoms with E-state index in [9.17, 15) is 9.59 Å². The summed E-state index contributed by atoms with van der Waals surface area (Å²) < 4.78 is 10.4. The number of esters is 1. The molecule has 1 heterocycles. The second-order valence-electron chi connectivity index (χ2n) is 7.18. The predicted molar refractivity (Wildman–Crippen MR) is 91.7 cm³/mol. The maximum Gasteiger partial charge on any atom is 0.411 e. The fraction of sp³-hybridized carbons (Fsp3) is 0.579. The molecule has 0 bridgehead atoms. The Morgan fingerprint density at radius 3 is 2.42 bits per heavy atom. The molecule has 1 amide bonds. The first-order valence-corrected chi connectivity index (χ1v) is 8.45. The maximum atomic E-state index is 12.6. The Labute approximate surface area is 143 Å². The van der Waals surface area contributed by atoms with Gasteiger partial charge < -0.3 is 9.47 Å². The molecule has 0 unspecified atom stereocenters. The van der Waals surface area contributed by atoms with Crippen LogP contribution in [0.2, 0.25) is 0 Å². The van der Waals surface area contributed by atoms with Crippen molar-refractivity contribution in [1.82, 2.24) is 4.90 Å². The smallest absolute Gasteiger partial charge is 0.411 e. The Kier molecular flexibility index (Phi) is 5.86. The van der Waals surface area contributed by atoms with Crippen LogP contribution < -0.4 is 0 Å². The van der Waals surface area contributed by atoms with Crippen LogP contribution in [0.4, 0.5) is 4.79 Å². The first kappa shape index (κ1) is 18.3. The molecular formula is C19H27NO4. The van der Waals surface area contributed by atoms with E-state index in [1.54, 1.807) is 4.90 Å². The van der Waals surface area contributed by atoms with E-state index in [2.05, 4.69) is 12.1 Å². The topological polar surface area (TPSA) is 55.8 Å². The van der Waals surface area contributed by atoms with Crippen molar-refractivity contribution < 1.29 is 19.1 Å². The Hall–Kier alpha value is -2.04. The van der Waals surface area contributed by atoms with Crippen LogP contribution in [-0.2, 0) is 20.7 Å². The number of rotatable bonds is 4. The average Bonchev–Trinajstić information content (AvgIpc) is 2.95. The summed E-state index contributed by atoms with van der Waals surface area (Å²) in [5.74, 6) is -0.372. The molecule has 132 valence electrons.